The number of rotatable bonds is 10. The van der Waals surface area contributed by atoms with Gasteiger partial charge in [0.05, 0.1) is 23.3 Å². The van der Waals surface area contributed by atoms with Crippen molar-refractivity contribution in [1.82, 2.24) is 0 Å². The molecule has 54 heavy (non-hydrogen) atoms. The molecule has 1 fully saturated rings. The fraction of sp³-hybridized carbons (Fsp3) is 0.0769. The van der Waals surface area contributed by atoms with E-state index in [2.05, 4.69) is 200 Å². The van der Waals surface area contributed by atoms with Gasteiger partial charge in [-0.15, -0.1) is 0 Å². The van der Waals surface area contributed by atoms with Crippen molar-refractivity contribution >= 4 is 11.1 Å². The second kappa shape index (κ2) is 14.9. The van der Waals surface area contributed by atoms with E-state index < -0.39 is 10.8 Å². The Kier molecular flexibility index (Phi) is 9.43. The Morgan fingerprint density at radius 3 is 1.17 bits per heavy atom. The Morgan fingerprint density at radius 2 is 0.796 bits per heavy atom. The molecule has 0 aliphatic heterocycles. The topological polar surface area (TPSA) is 47.6 Å². The van der Waals surface area contributed by atoms with E-state index in [1.807, 2.05) is 24.3 Å². The Hall–Kier alpha value is -7.00. The molecule has 7 aromatic rings. The predicted molar refractivity (Wildman–Crippen MR) is 219 cm³/mol. The lowest BCUT2D eigenvalue weighted by Gasteiger charge is -2.27. The summed E-state index contributed by atoms with van der Waals surface area (Å²) in [7, 11) is 0. The van der Waals surface area contributed by atoms with Crippen LogP contribution in [0.3, 0.4) is 0 Å². The molecule has 2 atom stereocenters. The molecule has 2 heteroatoms. The summed E-state index contributed by atoms with van der Waals surface area (Å²) in [4.78, 5) is 0. The van der Waals surface area contributed by atoms with Gasteiger partial charge in [-0.1, -0.05) is 188 Å². The van der Waals surface area contributed by atoms with E-state index in [0.29, 0.717) is 11.1 Å². The maximum absolute atomic E-state index is 9.91. The zero-order valence-electron chi connectivity index (χ0n) is 29.9. The Bertz CT molecular complexity index is 2350. The molecule has 1 saturated carbocycles. The Balaban J connectivity index is 1.52. The van der Waals surface area contributed by atoms with Crippen molar-refractivity contribution in [1.29, 1.82) is 10.5 Å². The minimum atomic E-state index is -0.589. The third-order valence-corrected chi connectivity index (χ3v) is 11.0. The van der Waals surface area contributed by atoms with E-state index in [1.165, 1.54) is 5.56 Å². The quantitative estimate of drug-likeness (QED) is 0.143. The van der Waals surface area contributed by atoms with E-state index in [9.17, 15) is 10.5 Å². The van der Waals surface area contributed by atoms with Crippen molar-refractivity contribution in [3.63, 3.8) is 0 Å². The van der Waals surface area contributed by atoms with Gasteiger partial charge >= 0.3 is 0 Å². The molecule has 7 aromatic carbocycles. The van der Waals surface area contributed by atoms with E-state index in [4.69, 9.17) is 0 Å². The molecule has 0 aromatic heterocycles. The van der Waals surface area contributed by atoms with Gasteiger partial charge in [-0.25, -0.2) is 0 Å². The van der Waals surface area contributed by atoms with Gasteiger partial charge in [-0.05, 0) is 80.8 Å². The van der Waals surface area contributed by atoms with Crippen molar-refractivity contribution < 1.29 is 0 Å². The normalized spacial score (nSPS) is 16.6. The lowest BCUT2D eigenvalue weighted by molar-refractivity contribution is 0.550. The SMILES string of the molecule is N#Cc1ccc(C2(c3ccc(C#N)cc3)[C@@H](C=C(c3ccccc3)c3ccccc3)[C@@]2(C=C(c2ccccc2)c2ccccc2)Cc2ccccc2)cc1. The molecule has 0 saturated heterocycles. The first kappa shape index (κ1) is 34.1. The first-order valence-electron chi connectivity index (χ1n) is 18.4. The minimum Gasteiger partial charge on any atom is -0.192 e. The van der Waals surface area contributed by atoms with Gasteiger partial charge < -0.3 is 0 Å². The van der Waals surface area contributed by atoms with Crippen LogP contribution in [-0.4, -0.2) is 0 Å². The average Bonchev–Trinajstić information content (AvgIpc) is 3.82. The molecule has 8 rings (SSSR count). The lowest BCUT2D eigenvalue weighted by atomic mass is 9.75. The summed E-state index contributed by atoms with van der Waals surface area (Å²) >= 11 is 0. The highest BCUT2D eigenvalue weighted by Gasteiger charge is 2.75. The van der Waals surface area contributed by atoms with Crippen LogP contribution in [0.25, 0.3) is 11.1 Å². The van der Waals surface area contributed by atoms with E-state index in [1.54, 1.807) is 0 Å². The molecule has 0 radical (unpaired) electrons. The zero-order valence-corrected chi connectivity index (χ0v) is 29.9. The van der Waals surface area contributed by atoms with Gasteiger partial charge in [0.25, 0.3) is 0 Å². The van der Waals surface area contributed by atoms with Crippen LogP contribution in [0, 0.1) is 34.0 Å². The molecule has 0 spiro atoms. The second-order valence-electron chi connectivity index (χ2n) is 14.0. The molecule has 1 aliphatic carbocycles. The van der Waals surface area contributed by atoms with Gasteiger partial charge in [0.15, 0.2) is 0 Å². The number of hydrogen-bond acceptors (Lipinski definition) is 2. The predicted octanol–water partition coefficient (Wildman–Crippen LogP) is 11.8. The van der Waals surface area contributed by atoms with Gasteiger partial charge in [-0.3, -0.25) is 0 Å². The molecule has 0 unspecified atom stereocenters. The van der Waals surface area contributed by atoms with Crippen LogP contribution >= 0.6 is 0 Å². The summed E-state index contributed by atoms with van der Waals surface area (Å²) in [6.45, 7) is 0. The van der Waals surface area contributed by atoms with Crippen LogP contribution < -0.4 is 0 Å². The molecule has 0 heterocycles. The maximum atomic E-state index is 9.91. The minimum absolute atomic E-state index is 0.0519. The summed E-state index contributed by atoms with van der Waals surface area (Å²) in [5.74, 6) is -0.0519. The molecule has 0 N–H and O–H groups in total. The van der Waals surface area contributed by atoms with Crippen LogP contribution in [0.1, 0.15) is 50.1 Å². The highest BCUT2D eigenvalue weighted by atomic mass is 14.8. The molecular formula is C52H38N2. The highest BCUT2D eigenvalue weighted by Crippen LogP contribution is 2.76. The van der Waals surface area contributed by atoms with Gasteiger partial charge in [0.1, 0.15) is 0 Å². The standard InChI is InChI=1S/C52H38N2/c53-37-40-26-30-46(31-27-40)52(47-32-28-41(38-54)29-33-47)50(34-48(42-18-8-2-9-19-42)43-20-10-3-11-21-43)51(52,35-39-16-6-1-7-17-39)36-49(44-22-12-4-13-23-44)45-24-14-5-15-25-45/h1-34,36,50H,35H2/t50-,51-/m0/s1. The summed E-state index contributed by atoms with van der Waals surface area (Å²) in [5, 5.41) is 19.8. The fourth-order valence-corrected chi connectivity index (χ4v) is 8.57. The van der Waals surface area contributed by atoms with Crippen LogP contribution in [0.2, 0.25) is 0 Å². The molecule has 2 nitrogen and oxygen atoms in total. The Morgan fingerprint density at radius 1 is 0.444 bits per heavy atom. The lowest BCUT2D eigenvalue weighted by Crippen LogP contribution is -2.22. The van der Waals surface area contributed by atoms with E-state index in [0.717, 1.165) is 50.9 Å². The third-order valence-electron chi connectivity index (χ3n) is 11.0. The van der Waals surface area contributed by atoms with Crippen molar-refractivity contribution in [2.75, 3.05) is 0 Å². The molecule has 256 valence electrons. The maximum Gasteiger partial charge on any atom is 0.0991 e. The van der Waals surface area contributed by atoms with E-state index >= 15 is 0 Å². The summed E-state index contributed by atoms with van der Waals surface area (Å²) in [5.41, 5.74) is 10.5. The van der Waals surface area contributed by atoms with Crippen molar-refractivity contribution in [2.45, 2.75) is 11.8 Å². The summed E-state index contributed by atoms with van der Waals surface area (Å²) in [6.07, 6.45) is 5.80. The average molecular weight is 691 g/mol. The first-order chi connectivity index (χ1) is 26.7. The summed E-state index contributed by atoms with van der Waals surface area (Å²) < 4.78 is 0. The molecular weight excluding hydrogens is 653 g/mol. The smallest absolute Gasteiger partial charge is 0.0991 e. The van der Waals surface area contributed by atoms with Crippen molar-refractivity contribution in [2.24, 2.45) is 11.3 Å². The van der Waals surface area contributed by atoms with Crippen LogP contribution in [0.4, 0.5) is 0 Å². The largest absolute Gasteiger partial charge is 0.192 e. The number of nitriles is 2. The van der Waals surface area contributed by atoms with Crippen molar-refractivity contribution in [3.05, 3.63) is 262 Å². The molecule has 1 aliphatic rings. The third kappa shape index (κ3) is 6.26. The van der Waals surface area contributed by atoms with Crippen LogP contribution in [-0.2, 0) is 11.8 Å². The second-order valence-corrected chi connectivity index (χ2v) is 14.0. The molecule has 0 bridgehead atoms. The summed E-state index contributed by atoms with van der Waals surface area (Å²) in [6, 6.07) is 74.6. The van der Waals surface area contributed by atoms with Crippen molar-refractivity contribution in [3.8, 4) is 12.1 Å². The van der Waals surface area contributed by atoms with Crippen LogP contribution in [0.15, 0.2) is 212 Å². The molecule has 0 amide bonds. The zero-order chi connectivity index (χ0) is 36.8. The number of allylic oxidation sites excluding steroid dienone is 2. The van der Waals surface area contributed by atoms with Gasteiger partial charge in [0.2, 0.25) is 0 Å². The Labute approximate surface area is 318 Å². The number of benzene rings is 7. The monoisotopic (exact) mass is 690 g/mol. The fourth-order valence-electron chi connectivity index (χ4n) is 8.57. The highest BCUT2D eigenvalue weighted by molar-refractivity contribution is 5.84. The van der Waals surface area contributed by atoms with Gasteiger partial charge in [-0.2, -0.15) is 10.5 Å². The first-order valence-corrected chi connectivity index (χ1v) is 18.4. The van der Waals surface area contributed by atoms with E-state index in [-0.39, 0.29) is 5.92 Å². The number of nitrogens with zero attached hydrogens (tertiary/aromatic N) is 2. The van der Waals surface area contributed by atoms with Crippen LogP contribution in [0.5, 0.6) is 0 Å². The van der Waals surface area contributed by atoms with Gasteiger partial charge in [0, 0.05) is 16.7 Å². The number of hydrogen-bond donors (Lipinski definition) is 0.